The second-order valence-corrected chi connectivity index (χ2v) is 4.64. The number of rotatable bonds is 3. The highest BCUT2D eigenvalue weighted by atomic mass is 32.1. The molecule has 4 nitrogen and oxygen atoms in total. The molecule has 14 heavy (non-hydrogen) atoms. The first-order chi connectivity index (χ1) is 6.81. The van der Waals surface area contributed by atoms with Crippen molar-refractivity contribution >= 4 is 11.3 Å². The summed E-state index contributed by atoms with van der Waals surface area (Å²) in [7, 11) is 0. The maximum absolute atomic E-state index is 5.50. The van der Waals surface area contributed by atoms with Crippen LogP contribution in [-0.4, -0.2) is 29.5 Å². The van der Waals surface area contributed by atoms with E-state index in [4.69, 9.17) is 10.5 Å². The molecule has 2 atom stereocenters. The molecule has 2 unspecified atom stereocenters. The van der Waals surface area contributed by atoms with Crippen molar-refractivity contribution in [3.8, 4) is 0 Å². The van der Waals surface area contributed by atoms with Crippen molar-refractivity contribution in [2.75, 3.05) is 13.2 Å². The SMILES string of the molecule is CC1OCCC1c1nnc(CCN)s1. The highest BCUT2D eigenvalue weighted by Gasteiger charge is 2.28. The lowest BCUT2D eigenvalue weighted by atomic mass is 10.0. The van der Waals surface area contributed by atoms with Gasteiger partial charge in [-0.25, -0.2) is 0 Å². The number of nitrogens with zero attached hydrogens (tertiary/aromatic N) is 2. The number of hydrogen-bond donors (Lipinski definition) is 1. The third-order valence-corrected chi connectivity index (χ3v) is 3.65. The molecule has 2 heterocycles. The van der Waals surface area contributed by atoms with Crippen molar-refractivity contribution in [1.29, 1.82) is 0 Å². The lowest BCUT2D eigenvalue weighted by Gasteiger charge is -2.08. The number of aromatic nitrogens is 2. The van der Waals surface area contributed by atoms with E-state index in [1.165, 1.54) is 0 Å². The van der Waals surface area contributed by atoms with Crippen LogP contribution in [0.5, 0.6) is 0 Å². The van der Waals surface area contributed by atoms with Crippen molar-refractivity contribution in [3.05, 3.63) is 10.0 Å². The Morgan fingerprint density at radius 1 is 1.57 bits per heavy atom. The molecular weight excluding hydrogens is 198 g/mol. The quantitative estimate of drug-likeness (QED) is 0.811. The molecular formula is C9H15N3OS. The Balaban J connectivity index is 2.08. The first-order valence-corrected chi connectivity index (χ1v) is 5.77. The molecule has 0 saturated carbocycles. The summed E-state index contributed by atoms with van der Waals surface area (Å²) >= 11 is 1.68. The van der Waals surface area contributed by atoms with Crippen LogP contribution in [0.25, 0.3) is 0 Å². The van der Waals surface area contributed by atoms with Crippen LogP contribution < -0.4 is 5.73 Å². The first kappa shape index (κ1) is 10.0. The maximum atomic E-state index is 5.50. The van der Waals surface area contributed by atoms with E-state index in [0.717, 1.165) is 29.5 Å². The fraction of sp³-hybridized carbons (Fsp3) is 0.778. The zero-order valence-corrected chi connectivity index (χ0v) is 9.09. The summed E-state index contributed by atoms with van der Waals surface area (Å²) in [6, 6.07) is 0. The van der Waals surface area contributed by atoms with Gasteiger partial charge in [0.15, 0.2) is 0 Å². The zero-order valence-electron chi connectivity index (χ0n) is 8.27. The largest absolute Gasteiger partial charge is 0.378 e. The average molecular weight is 213 g/mol. The normalized spacial score (nSPS) is 27.0. The van der Waals surface area contributed by atoms with Gasteiger partial charge in [0, 0.05) is 18.9 Å². The second-order valence-electron chi connectivity index (χ2n) is 3.54. The van der Waals surface area contributed by atoms with Crippen LogP contribution in [0, 0.1) is 0 Å². The number of hydrogen-bond acceptors (Lipinski definition) is 5. The van der Waals surface area contributed by atoms with Gasteiger partial charge in [-0.05, 0) is 19.9 Å². The van der Waals surface area contributed by atoms with E-state index in [9.17, 15) is 0 Å². The van der Waals surface area contributed by atoms with Gasteiger partial charge in [-0.1, -0.05) is 0 Å². The molecule has 0 spiro atoms. The summed E-state index contributed by atoms with van der Waals surface area (Å²) in [5, 5.41) is 10.5. The minimum atomic E-state index is 0.286. The summed E-state index contributed by atoms with van der Waals surface area (Å²) in [6.45, 7) is 3.59. The Hall–Kier alpha value is -0.520. The van der Waals surface area contributed by atoms with Crippen LogP contribution in [0.15, 0.2) is 0 Å². The third kappa shape index (κ3) is 1.94. The molecule has 1 saturated heterocycles. The minimum Gasteiger partial charge on any atom is -0.378 e. The molecule has 2 N–H and O–H groups in total. The topological polar surface area (TPSA) is 61.0 Å². The molecule has 1 fully saturated rings. The van der Waals surface area contributed by atoms with Crippen molar-refractivity contribution < 1.29 is 4.74 Å². The van der Waals surface area contributed by atoms with Crippen LogP contribution in [0.3, 0.4) is 0 Å². The summed E-state index contributed by atoms with van der Waals surface area (Å²) in [5.41, 5.74) is 5.46. The van der Waals surface area contributed by atoms with Gasteiger partial charge in [-0.3, -0.25) is 0 Å². The van der Waals surface area contributed by atoms with Gasteiger partial charge in [0.1, 0.15) is 10.0 Å². The van der Waals surface area contributed by atoms with Gasteiger partial charge < -0.3 is 10.5 Å². The van der Waals surface area contributed by atoms with Crippen molar-refractivity contribution in [1.82, 2.24) is 10.2 Å². The van der Waals surface area contributed by atoms with Crippen LogP contribution in [-0.2, 0) is 11.2 Å². The Morgan fingerprint density at radius 3 is 3.07 bits per heavy atom. The van der Waals surface area contributed by atoms with E-state index in [1.807, 2.05) is 0 Å². The summed E-state index contributed by atoms with van der Waals surface area (Å²) in [5.74, 6) is 0.444. The predicted molar refractivity (Wildman–Crippen MR) is 55.4 cm³/mol. The summed E-state index contributed by atoms with van der Waals surface area (Å²) in [6.07, 6.45) is 2.19. The maximum Gasteiger partial charge on any atom is 0.123 e. The van der Waals surface area contributed by atoms with E-state index in [2.05, 4.69) is 17.1 Å². The highest BCUT2D eigenvalue weighted by Crippen LogP contribution is 2.32. The average Bonchev–Trinajstić information content (AvgIpc) is 2.74. The summed E-state index contributed by atoms with van der Waals surface area (Å²) in [4.78, 5) is 0. The standard InChI is InChI=1S/C9H15N3OS/c1-6-7(3-5-13-6)9-12-11-8(14-9)2-4-10/h6-7H,2-5,10H2,1H3. The second kappa shape index (κ2) is 4.33. The monoisotopic (exact) mass is 213 g/mol. The Kier molecular flexibility index (Phi) is 3.10. The van der Waals surface area contributed by atoms with E-state index in [-0.39, 0.29) is 6.10 Å². The number of nitrogens with two attached hydrogens (primary N) is 1. The van der Waals surface area contributed by atoms with E-state index in [0.29, 0.717) is 12.5 Å². The lowest BCUT2D eigenvalue weighted by molar-refractivity contribution is 0.118. The van der Waals surface area contributed by atoms with Crippen molar-refractivity contribution in [3.63, 3.8) is 0 Å². The number of ether oxygens (including phenoxy) is 1. The van der Waals surface area contributed by atoms with Crippen LogP contribution in [0.1, 0.15) is 29.3 Å². The molecule has 2 rings (SSSR count). The molecule has 0 amide bonds. The van der Waals surface area contributed by atoms with Gasteiger partial charge in [-0.15, -0.1) is 21.5 Å². The molecule has 1 aliphatic rings. The molecule has 5 heteroatoms. The van der Waals surface area contributed by atoms with Gasteiger partial charge in [0.05, 0.1) is 6.10 Å². The molecule has 1 aromatic heterocycles. The molecule has 1 aromatic rings. The molecule has 0 bridgehead atoms. The van der Waals surface area contributed by atoms with Gasteiger partial charge in [0.25, 0.3) is 0 Å². The van der Waals surface area contributed by atoms with Crippen LogP contribution in [0.2, 0.25) is 0 Å². The third-order valence-electron chi connectivity index (χ3n) is 2.53. The Labute approximate surface area is 87.5 Å². The Bertz CT molecular complexity index is 302. The van der Waals surface area contributed by atoms with E-state index >= 15 is 0 Å². The smallest absolute Gasteiger partial charge is 0.123 e. The van der Waals surface area contributed by atoms with Crippen LogP contribution >= 0.6 is 11.3 Å². The molecule has 78 valence electrons. The first-order valence-electron chi connectivity index (χ1n) is 4.95. The fourth-order valence-corrected chi connectivity index (χ4v) is 2.78. The Morgan fingerprint density at radius 2 is 2.43 bits per heavy atom. The fourth-order valence-electron chi connectivity index (χ4n) is 1.70. The van der Waals surface area contributed by atoms with E-state index < -0.39 is 0 Å². The van der Waals surface area contributed by atoms with Crippen molar-refractivity contribution in [2.24, 2.45) is 5.73 Å². The zero-order chi connectivity index (χ0) is 9.97. The molecule has 1 aliphatic heterocycles. The van der Waals surface area contributed by atoms with E-state index in [1.54, 1.807) is 11.3 Å². The minimum absolute atomic E-state index is 0.286. The molecule has 0 aromatic carbocycles. The molecule has 0 aliphatic carbocycles. The lowest BCUT2D eigenvalue weighted by Crippen LogP contribution is -2.08. The molecule has 0 radical (unpaired) electrons. The predicted octanol–water partition coefficient (Wildman–Crippen LogP) is 0.932. The van der Waals surface area contributed by atoms with Crippen LogP contribution in [0.4, 0.5) is 0 Å². The van der Waals surface area contributed by atoms with Gasteiger partial charge in [-0.2, -0.15) is 0 Å². The van der Waals surface area contributed by atoms with Crippen molar-refractivity contribution in [2.45, 2.75) is 31.8 Å². The highest BCUT2D eigenvalue weighted by molar-refractivity contribution is 7.11. The van der Waals surface area contributed by atoms with Gasteiger partial charge in [0.2, 0.25) is 0 Å². The van der Waals surface area contributed by atoms with Gasteiger partial charge >= 0.3 is 0 Å². The summed E-state index contributed by atoms with van der Waals surface area (Å²) < 4.78 is 5.50.